The van der Waals surface area contributed by atoms with Crippen LogP contribution in [0.3, 0.4) is 0 Å². The van der Waals surface area contributed by atoms with Gasteiger partial charge in [-0.2, -0.15) is 5.10 Å². The molecule has 0 spiro atoms. The summed E-state index contributed by atoms with van der Waals surface area (Å²) in [5, 5.41) is 24.4. The third-order valence-electron chi connectivity index (χ3n) is 5.32. The van der Waals surface area contributed by atoms with Crippen LogP contribution in [0.4, 0.5) is 0 Å². The van der Waals surface area contributed by atoms with Crippen LogP contribution in [0, 0.1) is 0 Å². The molecular weight excluding hydrogens is 558 g/mol. The van der Waals surface area contributed by atoms with E-state index in [1.54, 1.807) is 27.4 Å². The Labute approximate surface area is 259 Å². The molecule has 35 heavy (non-hydrogen) atoms. The number of imidazole rings is 1. The van der Waals surface area contributed by atoms with Crippen molar-refractivity contribution in [3.63, 3.8) is 0 Å². The zero-order valence-electron chi connectivity index (χ0n) is 17.6. The van der Waals surface area contributed by atoms with Crippen molar-refractivity contribution in [2.75, 3.05) is 0 Å². The van der Waals surface area contributed by atoms with E-state index >= 15 is 0 Å². The van der Waals surface area contributed by atoms with Gasteiger partial charge in [-0.25, -0.2) is 19.3 Å². The molecule has 4 aromatic rings. The van der Waals surface area contributed by atoms with Gasteiger partial charge in [0.05, 0.1) is 23.3 Å². The average Bonchev–Trinajstić information content (AvgIpc) is 3.29. The fourth-order valence-corrected chi connectivity index (χ4v) is 4.55. The molecule has 0 saturated heterocycles. The zero-order valence-corrected chi connectivity index (χ0v) is 20.0. The van der Waals surface area contributed by atoms with Crippen molar-refractivity contribution in [3.8, 4) is 5.69 Å². The monoisotopic (exact) mass is 578 g/mol. The molecule has 4 rings (SSSR count). The number of aromatic carboxylic acids is 2. The van der Waals surface area contributed by atoms with E-state index in [0.717, 1.165) is 23.8 Å². The van der Waals surface area contributed by atoms with E-state index < -0.39 is 11.9 Å². The van der Waals surface area contributed by atoms with E-state index in [0.29, 0.717) is 34.6 Å². The SMILES string of the molecule is CCCCc1nc(C(=O)O)c(Cl)n1Cc1ccc2nn(-c3ccccc3C(=O)O)c(Br)c2c1.[NaH].[NaH]. The quantitative estimate of drug-likeness (QED) is 0.304. The predicted octanol–water partition coefficient (Wildman–Crippen LogP) is 4.13. The van der Waals surface area contributed by atoms with Crippen molar-refractivity contribution >= 4 is 109 Å². The first-order valence-electron chi connectivity index (χ1n) is 10.3. The first-order valence-corrected chi connectivity index (χ1v) is 11.5. The standard InChI is InChI=1S/C23H20BrClN4O4.2Na.2H/c1-2-3-8-18-26-19(23(32)33)21(25)28(18)12-13-9-10-16-15(11-13)20(24)29(27-16)17-7-5-4-6-14(17)22(30)31;;;;/h4-7,9-11H,2-3,8,12H2,1H3,(H,30,31)(H,32,33);;;;. The molecule has 174 valence electrons. The number of fused-ring (bicyclic) bond motifs is 1. The van der Waals surface area contributed by atoms with Gasteiger partial charge in [0, 0.05) is 11.8 Å². The second-order valence-electron chi connectivity index (χ2n) is 7.54. The van der Waals surface area contributed by atoms with Gasteiger partial charge in [-0.15, -0.1) is 0 Å². The second-order valence-corrected chi connectivity index (χ2v) is 8.65. The Balaban J connectivity index is 0.00000216. The van der Waals surface area contributed by atoms with Crippen LogP contribution in [0.1, 0.15) is 52.0 Å². The number of carboxylic acid groups (broad SMARTS) is 2. The minimum atomic E-state index is -1.16. The molecule has 0 aliphatic carbocycles. The van der Waals surface area contributed by atoms with Gasteiger partial charge in [-0.3, -0.25) is 0 Å². The van der Waals surface area contributed by atoms with Crippen molar-refractivity contribution in [3.05, 3.63) is 74.9 Å². The minimum absolute atomic E-state index is 0. The summed E-state index contributed by atoms with van der Waals surface area (Å²) in [6.45, 7) is 2.40. The number of carbonyl (C=O) groups is 2. The summed E-state index contributed by atoms with van der Waals surface area (Å²) in [6, 6.07) is 12.3. The normalized spacial score (nSPS) is 10.6. The van der Waals surface area contributed by atoms with Crippen molar-refractivity contribution in [1.29, 1.82) is 0 Å². The first kappa shape index (κ1) is 30.1. The number of hydrogen-bond acceptors (Lipinski definition) is 4. The first-order chi connectivity index (χ1) is 15.8. The number of hydrogen-bond donors (Lipinski definition) is 2. The van der Waals surface area contributed by atoms with Crippen LogP contribution >= 0.6 is 27.5 Å². The molecule has 0 aliphatic rings. The van der Waals surface area contributed by atoms with Crippen LogP contribution in [0.15, 0.2) is 47.1 Å². The fourth-order valence-electron chi connectivity index (χ4n) is 3.68. The molecule has 2 aromatic carbocycles. The summed E-state index contributed by atoms with van der Waals surface area (Å²) >= 11 is 9.93. The van der Waals surface area contributed by atoms with Crippen molar-refractivity contribution in [1.82, 2.24) is 19.3 Å². The molecule has 2 aromatic heterocycles. The van der Waals surface area contributed by atoms with Crippen molar-refractivity contribution in [2.45, 2.75) is 32.7 Å². The van der Waals surface area contributed by atoms with E-state index in [1.165, 1.54) is 6.07 Å². The maximum absolute atomic E-state index is 11.6. The number of nitrogens with zero attached hydrogens (tertiary/aromatic N) is 4. The molecule has 0 saturated carbocycles. The van der Waals surface area contributed by atoms with Gasteiger partial charge in [0.25, 0.3) is 0 Å². The number of benzene rings is 2. The third kappa shape index (κ3) is 6.22. The number of aromatic nitrogens is 4. The second kappa shape index (κ2) is 12.9. The zero-order chi connectivity index (χ0) is 23.7. The number of para-hydroxylation sites is 1. The summed E-state index contributed by atoms with van der Waals surface area (Å²) < 4.78 is 3.89. The van der Waals surface area contributed by atoms with E-state index in [9.17, 15) is 19.8 Å². The summed E-state index contributed by atoms with van der Waals surface area (Å²) in [6.07, 6.45) is 2.44. The van der Waals surface area contributed by atoms with Crippen molar-refractivity contribution in [2.24, 2.45) is 0 Å². The van der Waals surface area contributed by atoms with E-state index in [4.69, 9.17) is 11.6 Å². The maximum atomic E-state index is 11.6. The molecule has 2 N–H and O–H groups in total. The molecule has 2 heterocycles. The Kier molecular flexibility index (Phi) is 11.1. The molecule has 0 fully saturated rings. The van der Waals surface area contributed by atoms with Crippen LogP contribution < -0.4 is 0 Å². The Morgan fingerprint density at radius 3 is 2.46 bits per heavy atom. The van der Waals surface area contributed by atoms with Crippen LogP contribution in [-0.2, 0) is 13.0 Å². The average molecular weight is 580 g/mol. The molecule has 0 radical (unpaired) electrons. The van der Waals surface area contributed by atoms with Gasteiger partial charge in [0.2, 0.25) is 0 Å². The van der Waals surface area contributed by atoms with Crippen molar-refractivity contribution < 1.29 is 19.8 Å². The number of aryl methyl sites for hydroxylation is 1. The number of unbranched alkanes of at least 4 members (excludes halogenated alkanes) is 1. The van der Waals surface area contributed by atoms with Gasteiger partial charge >= 0.3 is 71.1 Å². The Bertz CT molecular complexity index is 1390. The molecule has 8 nitrogen and oxygen atoms in total. The van der Waals surface area contributed by atoms with Crippen LogP contribution in [-0.4, -0.2) is 101 Å². The summed E-state index contributed by atoms with van der Waals surface area (Å²) in [4.78, 5) is 27.4. The van der Waals surface area contributed by atoms with Crippen LogP contribution in [0.2, 0.25) is 5.15 Å². The Morgan fingerprint density at radius 2 is 1.80 bits per heavy atom. The molecule has 0 aliphatic heterocycles. The third-order valence-corrected chi connectivity index (χ3v) is 6.47. The van der Waals surface area contributed by atoms with Gasteiger partial charge < -0.3 is 14.8 Å². The summed E-state index contributed by atoms with van der Waals surface area (Å²) in [5.74, 6) is -1.57. The molecule has 0 amide bonds. The van der Waals surface area contributed by atoms with E-state index in [1.807, 2.05) is 18.2 Å². The van der Waals surface area contributed by atoms with Gasteiger partial charge in [0.15, 0.2) is 5.69 Å². The molecule has 12 heteroatoms. The summed E-state index contributed by atoms with van der Waals surface area (Å²) in [5.41, 5.74) is 1.99. The van der Waals surface area contributed by atoms with Crippen LogP contribution in [0.25, 0.3) is 16.6 Å². The topological polar surface area (TPSA) is 110 Å². The van der Waals surface area contributed by atoms with Gasteiger partial charge in [-0.1, -0.05) is 43.1 Å². The van der Waals surface area contributed by atoms with E-state index in [2.05, 4.69) is 32.9 Å². The molecular formula is C23H22BrClN4Na2O4. The van der Waals surface area contributed by atoms with Gasteiger partial charge in [-0.05, 0) is 52.2 Å². The molecule has 0 bridgehead atoms. The fraction of sp³-hybridized carbons (Fsp3) is 0.217. The van der Waals surface area contributed by atoms with Gasteiger partial charge in [0.1, 0.15) is 15.6 Å². The number of carboxylic acids is 2. The Morgan fingerprint density at radius 1 is 1.09 bits per heavy atom. The summed E-state index contributed by atoms with van der Waals surface area (Å²) in [7, 11) is 0. The number of rotatable bonds is 8. The van der Waals surface area contributed by atoms with E-state index in [-0.39, 0.29) is 75.5 Å². The Hall–Kier alpha value is -1.17. The molecule has 0 unspecified atom stereocenters. The van der Waals surface area contributed by atoms with Crippen LogP contribution in [0.5, 0.6) is 0 Å². The number of halogens is 2. The predicted molar refractivity (Wildman–Crippen MR) is 142 cm³/mol. The molecule has 0 atom stereocenters.